The number of thioether (sulfide) groups is 1. The molecule has 0 saturated carbocycles. The third-order valence-electron chi connectivity index (χ3n) is 3.36. The number of fused-ring (bicyclic) bond motifs is 1. The first kappa shape index (κ1) is 16.0. The summed E-state index contributed by atoms with van der Waals surface area (Å²) in [5.41, 5.74) is 0.877. The average Bonchev–Trinajstić information content (AvgIpc) is 2.92. The van der Waals surface area contributed by atoms with E-state index in [9.17, 15) is 13.2 Å². The second-order valence-electron chi connectivity index (χ2n) is 5.48. The summed E-state index contributed by atoms with van der Waals surface area (Å²) in [5, 5.41) is 7.76. The summed E-state index contributed by atoms with van der Waals surface area (Å²) in [6.07, 6.45) is -4.53. The van der Waals surface area contributed by atoms with E-state index < -0.39 is 12.0 Å². The smallest absolute Gasteiger partial charge is 0.299 e. The van der Waals surface area contributed by atoms with Gasteiger partial charge in [-0.3, -0.25) is 9.56 Å². The van der Waals surface area contributed by atoms with Crippen LogP contribution in [0.5, 0.6) is 0 Å². The van der Waals surface area contributed by atoms with Gasteiger partial charge in [-0.15, -0.1) is 22.0 Å². The van der Waals surface area contributed by atoms with Crippen LogP contribution in [-0.2, 0) is 12.7 Å². The van der Waals surface area contributed by atoms with Crippen LogP contribution >= 0.6 is 11.8 Å². The molecule has 1 aliphatic rings. The van der Waals surface area contributed by atoms with Gasteiger partial charge >= 0.3 is 6.18 Å². The first-order valence-electron chi connectivity index (χ1n) is 7.16. The number of alkyl halides is 3. The molecule has 4 nitrogen and oxygen atoms in total. The van der Waals surface area contributed by atoms with Gasteiger partial charge in [-0.05, 0) is 5.56 Å². The fourth-order valence-corrected chi connectivity index (χ4v) is 3.31. The Balaban J connectivity index is 2.07. The molecule has 0 bridgehead atoms. The second kappa shape index (κ2) is 5.99. The maximum absolute atomic E-state index is 13.2. The highest BCUT2D eigenvalue weighted by molar-refractivity contribution is 8.14. The Morgan fingerprint density at radius 3 is 2.48 bits per heavy atom. The third-order valence-corrected chi connectivity index (χ3v) is 4.34. The van der Waals surface area contributed by atoms with E-state index in [0.29, 0.717) is 5.04 Å². The molecule has 8 heteroatoms. The number of benzene rings is 1. The lowest BCUT2D eigenvalue weighted by Crippen LogP contribution is -2.25. The van der Waals surface area contributed by atoms with Gasteiger partial charge in [-0.2, -0.15) is 13.2 Å². The van der Waals surface area contributed by atoms with E-state index in [4.69, 9.17) is 0 Å². The third kappa shape index (κ3) is 3.26. The molecule has 23 heavy (non-hydrogen) atoms. The lowest BCUT2D eigenvalue weighted by molar-refractivity contribution is -0.147. The topological polar surface area (TPSA) is 43.1 Å². The monoisotopic (exact) mass is 340 g/mol. The minimum Gasteiger partial charge on any atom is -0.299 e. The first-order valence-corrected chi connectivity index (χ1v) is 8.04. The van der Waals surface area contributed by atoms with Crippen LogP contribution in [0.4, 0.5) is 13.2 Å². The van der Waals surface area contributed by atoms with Crippen molar-refractivity contribution < 1.29 is 13.2 Å². The highest BCUT2D eigenvalue weighted by atomic mass is 32.2. The summed E-state index contributed by atoms with van der Waals surface area (Å²) in [4.78, 5) is 4.62. The molecule has 3 rings (SSSR count). The molecule has 0 radical (unpaired) electrons. The van der Waals surface area contributed by atoms with E-state index in [1.165, 1.54) is 11.8 Å². The Morgan fingerprint density at radius 1 is 1.17 bits per heavy atom. The van der Waals surface area contributed by atoms with Gasteiger partial charge < -0.3 is 0 Å². The molecule has 122 valence electrons. The summed E-state index contributed by atoms with van der Waals surface area (Å²) < 4.78 is 40.6. The Hall–Kier alpha value is -1.83. The highest BCUT2D eigenvalue weighted by Gasteiger charge is 2.41. The van der Waals surface area contributed by atoms with Gasteiger partial charge in [0.15, 0.2) is 5.82 Å². The highest BCUT2D eigenvalue weighted by Crippen LogP contribution is 2.35. The molecule has 1 unspecified atom stereocenters. The van der Waals surface area contributed by atoms with Gasteiger partial charge in [0.05, 0.1) is 12.6 Å². The molecule has 2 heterocycles. The Morgan fingerprint density at radius 2 is 1.87 bits per heavy atom. The number of aromatic nitrogens is 3. The molecular weight excluding hydrogens is 325 g/mol. The van der Waals surface area contributed by atoms with Crippen LogP contribution in [-0.4, -0.2) is 25.1 Å². The maximum atomic E-state index is 13.2. The number of aliphatic imine (C=N–C) groups is 1. The molecule has 0 amide bonds. The molecule has 0 saturated heterocycles. The van der Waals surface area contributed by atoms with E-state index in [1.54, 1.807) is 0 Å². The van der Waals surface area contributed by atoms with Gasteiger partial charge in [-0.1, -0.05) is 44.2 Å². The Labute approximate surface area is 135 Å². The normalized spacial score (nSPS) is 18.0. The molecule has 1 aromatic heterocycles. The second-order valence-corrected chi connectivity index (χ2v) is 7.05. The largest absolute Gasteiger partial charge is 0.451 e. The molecule has 1 aliphatic heterocycles. The molecule has 0 fully saturated rings. The fourth-order valence-electron chi connectivity index (χ4n) is 2.42. The number of hydrogen-bond donors (Lipinski definition) is 0. The summed E-state index contributed by atoms with van der Waals surface area (Å²) in [6.45, 7) is 4.01. The van der Waals surface area contributed by atoms with Crippen molar-refractivity contribution in [3.63, 3.8) is 0 Å². The summed E-state index contributed by atoms with van der Waals surface area (Å²) in [6, 6.07) is 8.94. The van der Waals surface area contributed by atoms with Crippen LogP contribution in [0, 0.1) is 0 Å². The van der Waals surface area contributed by atoms with Crippen molar-refractivity contribution in [1.82, 2.24) is 14.8 Å². The number of rotatable bonds is 2. The van der Waals surface area contributed by atoms with Crippen molar-refractivity contribution in [2.45, 2.75) is 37.9 Å². The zero-order valence-electron chi connectivity index (χ0n) is 12.6. The predicted octanol–water partition coefficient (Wildman–Crippen LogP) is 3.94. The predicted molar refractivity (Wildman–Crippen MR) is 83.5 cm³/mol. The van der Waals surface area contributed by atoms with E-state index in [2.05, 4.69) is 15.2 Å². The van der Waals surface area contributed by atoms with Crippen LogP contribution in [0.25, 0.3) is 0 Å². The number of nitrogens with zero attached hydrogens (tertiary/aromatic N) is 4. The SMILES string of the molecule is CC(C)SC1=NC(c2ccccc2)Cn2c1nnc2C(F)(F)F. The van der Waals surface area contributed by atoms with Crippen LogP contribution in [0.3, 0.4) is 0 Å². The van der Waals surface area contributed by atoms with E-state index in [0.717, 1.165) is 10.1 Å². The molecule has 1 atom stereocenters. The first-order chi connectivity index (χ1) is 10.9. The quantitative estimate of drug-likeness (QED) is 0.832. The van der Waals surface area contributed by atoms with E-state index in [1.807, 2.05) is 44.2 Å². The van der Waals surface area contributed by atoms with Gasteiger partial charge in [0.25, 0.3) is 0 Å². The van der Waals surface area contributed by atoms with Crippen molar-refractivity contribution in [1.29, 1.82) is 0 Å². The van der Waals surface area contributed by atoms with Gasteiger partial charge in [0.1, 0.15) is 5.04 Å². The van der Waals surface area contributed by atoms with Crippen molar-refractivity contribution in [3.05, 3.63) is 47.5 Å². The average molecular weight is 340 g/mol. The van der Waals surface area contributed by atoms with Crippen molar-refractivity contribution in [2.75, 3.05) is 0 Å². The zero-order valence-corrected chi connectivity index (χ0v) is 13.4. The van der Waals surface area contributed by atoms with Crippen LogP contribution in [0.1, 0.15) is 37.1 Å². The molecule has 0 N–H and O–H groups in total. The van der Waals surface area contributed by atoms with Gasteiger partial charge in [-0.25, -0.2) is 0 Å². The van der Waals surface area contributed by atoms with Crippen molar-refractivity contribution in [3.8, 4) is 0 Å². The van der Waals surface area contributed by atoms with E-state index >= 15 is 0 Å². The lowest BCUT2D eigenvalue weighted by Gasteiger charge is -2.24. The van der Waals surface area contributed by atoms with Crippen LogP contribution in [0.2, 0.25) is 0 Å². The summed E-state index contributed by atoms with van der Waals surface area (Å²) >= 11 is 1.40. The number of halogens is 3. The molecule has 1 aromatic carbocycles. The van der Waals surface area contributed by atoms with Gasteiger partial charge in [0, 0.05) is 5.25 Å². The summed E-state index contributed by atoms with van der Waals surface area (Å²) in [5.74, 6) is -0.770. The Bertz CT molecular complexity index is 722. The van der Waals surface area contributed by atoms with Gasteiger partial charge in [0.2, 0.25) is 5.82 Å². The van der Waals surface area contributed by atoms with Crippen molar-refractivity contribution in [2.24, 2.45) is 4.99 Å². The van der Waals surface area contributed by atoms with Crippen LogP contribution < -0.4 is 0 Å². The minimum absolute atomic E-state index is 0.0867. The van der Waals surface area contributed by atoms with Crippen molar-refractivity contribution >= 4 is 16.8 Å². The molecule has 0 aliphatic carbocycles. The number of hydrogen-bond acceptors (Lipinski definition) is 4. The standard InChI is InChI=1S/C15H15F3N4S/c1-9(2)23-13-12-20-21-14(15(16,17)18)22(12)8-11(19-13)10-6-4-3-5-7-10/h3-7,9,11H,8H2,1-2H3. The lowest BCUT2D eigenvalue weighted by atomic mass is 10.1. The summed E-state index contributed by atoms with van der Waals surface area (Å²) in [7, 11) is 0. The zero-order chi connectivity index (χ0) is 16.6. The van der Waals surface area contributed by atoms with E-state index in [-0.39, 0.29) is 23.7 Å². The molecule has 2 aromatic rings. The molecule has 0 spiro atoms. The molecular formula is C15H15F3N4S. The maximum Gasteiger partial charge on any atom is 0.451 e. The fraction of sp³-hybridized carbons (Fsp3) is 0.400. The van der Waals surface area contributed by atoms with Crippen LogP contribution in [0.15, 0.2) is 35.3 Å². The Kier molecular flexibility index (Phi) is 4.18. The minimum atomic E-state index is -4.53.